The number of sulfonamides is 1. The lowest BCUT2D eigenvalue weighted by Crippen LogP contribution is -2.15. The van der Waals surface area contributed by atoms with Gasteiger partial charge in [0.15, 0.2) is 0 Å². The molecule has 0 unspecified atom stereocenters. The van der Waals surface area contributed by atoms with E-state index in [0.29, 0.717) is 5.69 Å². The topological polar surface area (TPSA) is 72.2 Å². The first-order valence-electron chi connectivity index (χ1n) is 6.10. The molecule has 0 radical (unpaired) electrons. The standard InChI is InChI=1S/C14H15BrN2O2S/c1-2-10-5-3-4-6-13(10)17-20(18,19)14-8-7-11(15)9-12(14)16/h3-9,17H,2,16H2,1H3. The smallest absolute Gasteiger partial charge is 0.263 e. The molecule has 0 atom stereocenters. The summed E-state index contributed by atoms with van der Waals surface area (Å²) in [5.74, 6) is 0. The number of halogens is 1. The molecular formula is C14H15BrN2O2S. The lowest BCUT2D eigenvalue weighted by Gasteiger charge is -2.13. The molecule has 2 aromatic rings. The van der Waals surface area contributed by atoms with E-state index in [1.54, 1.807) is 24.3 Å². The van der Waals surface area contributed by atoms with E-state index in [2.05, 4.69) is 20.7 Å². The highest BCUT2D eigenvalue weighted by molar-refractivity contribution is 9.10. The average Bonchev–Trinajstić information content (AvgIpc) is 2.38. The molecule has 0 spiro atoms. The molecule has 0 saturated heterocycles. The molecule has 0 fully saturated rings. The second-order valence-electron chi connectivity index (χ2n) is 4.30. The van der Waals surface area contributed by atoms with Crippen LogP contribution in [-0.4, -0.2) is 8.42 Å². The summed E-state index contributed by atoms with van der Waals surface area (Å²) < 4.78 is 28.1. The van der Waals surface area contributed by atoms with E-state index >= 15 is 0 Å². The quantitative estimate of drug-likeness (QED) is 0.826. The normalized spacial score (nSPS) is 11.3. The van der Waals surface area contributed by atoms with Crippen LogP contribution >= 0.6 is 15.9 Å². The second-order valence-corrected chi connectivity index (χ2v) is 6.86. The lowest BCUT2D eigenvalue weighted by atomic mass is 10.1. The Morgan fingerprint density at radius 1 is 1.20 bits per heavy atom. The van der Waals surface area contributed by atoms with Crippen molar-refractivity contribution < 1.29 is 8.42 Å². The summed E-state index contributed by atoms with van der Waals surface area (Å²) >= 11 is 3.26. The molecule has 106 valence electrons. The fourth-order valence-corrected chi connectivity index (χ4v) is 3.49. The molecule has 0 aliphatic carbocycles. The summed E-state index contributed by atoms with van der Waals surface area (Å²) in [5.41, 5.74) is 7.51. The molecule has 0 bridgehead atoms. The van der Waals surface area contributed by atoms with Crippen LogP contribution in [0.3, 0.4) is 0 Å². The number of para-hydroxylation sites is 1. The van der Waals surface area contributed by atoms with E-state index < -0.39 is 10.0 Å². The van der Waals surface area contributed by atoms with Gasteiger partial charge in [0.25, 0.3) is 10.0 Å². The molecular weight excluding hydrogens is 340 g/mol. The van der Waals surface area contributed by atoms with Crippen LogP contribution in [0.4, 0.5) is 11.4 Å². The van der Waals surface area contributed by atoms with Gasteiger partial charge in [-0.1, -0.05) is 41.1 Å². The zero-order valence-corrected chi connectivity index (χ0v) is 13.3. The Labute approximate surface area is 127 Å². The Morgan fingerprint density at radius 2 is 1.90 bits per heavy atom. The number of hydrogen-bond donors (Lipinski definition) is 2. The second kappa shape index (κ2) is 5.85. The van der Waals surface area contributed by atoms with Crippen molar-refractivity contribution in [1.82, 2.24) is 0 Å². The van der Waals surface area contributed by atoms with Crippen LogP contribution in [0.25, 0.3) is 0 Å². The highest BCUT2D eigenvalue weighted by Gasteiger charge is 2.18. The Bertz CT molecular complexity index is 730. The first-order chi connectivity index (χ1) is 9.44. The van der Waals surface area contributed by atoms with Gasteiger partial charge in [-0.2, -0.15) is 0 Å². The van der Waals surface area contributed by atoms with Gasteiger partial charge in [0.1, 0.15) is 4.90 Å². The van der Waals surface area contributed by atoms with Crippen molar-refractivity contribution in [3.8, 4) is 0 Å². The zero-order chi connectivity index (χ0) is 14.8. The number of rotatable bonds is 4. The predicted molar refractivity (Wildman–Crippen MR) is 85.2 cm³/mol. The van der Waals surface area contributed by atoms with Gasteiger partial charge in [-0.25, -0.2) is 8.42 Å². The molecule has 0 saturated carbocycles. The first-order valence-corrected chi connectivity index (χ1v) is 8.37. The molecule has 4 nitrogen and oxygen atoms in total. The van der Waals surface area contributed by atoms with Gasteiger partial charge in [0.2, 0.25) is 0 Å². The summed E-state index contributed by atoms with van der Waals surface area (Å²) in [6.07, 6.45) is 0.745. The van der Waals surface area contributed by atoms with Gasteiger partial charge in [-0.3, -0.25) is 4.72 Å². The van der Waals surface area contributed by atoms with Crippen LogP contribution in [0.5, 0.6) is 0 Å². The maximum absolute atomic E-state index is 12.4. The third kappa shape index (κ3) is 3.13. The van der Waals surface area contributed by atoms with Crippen molar-refractivity contribution in [2.45, 2.75) is 18.2 Å². The SMILES string of the molecule is CCc1ccccc1NS(=O)(=O)c1ccc(Br)cc1N. The van der Waals surface area contributed by atoms with Crippen molar-refractivity contribution in [2.24, 2.45) is 0 Å². The molecule has 0 aliphatic rings. The van der Waals surface area contributed by atoms with E-state index in [9.17, 15) is 8.42 Å². The van der Waals surface area contributed by atoms with Crippen molar-refractivity contribution in [1.29, 1.82) is 0 Å². The number of aryl methyl sites for hydroxylation is 1. The Hall–Kier alpha value is -1.53. The number of anilines is 2. The van der Waals surface area contributed by atoms with Gasteiger partial charge in [0, 0.05) is 4.47 Å². The Kier molecular flexibility index (Phi) is 4.35. The van der Waals surface area contributed by atoms with E-state index in [4.69, 9.17) is 5.73 Å². The maximum Gasteiger partial charge on any atom is 0.263 e. The third-order valence-electron chi connectivity index (χ3n) is 2.90. The molecule has 3 N–H and O–H groups in total. The lowest BCUT2D eigenvalue weighted by molar-refractivity contribution is 0.601. The van der Waals surface area contributed by atoms with Gasteiger partial charge in [0.05, 0.1) is 11.4 Å². The largest absolute Gasteiger partial charge is 0.398 e. The minimum atomic E-state index is -3.69. The molecule has 0 aromatic heterocycles. The first kappa shape index (κ1) is 14.9. The Balaban J connectivity index is 2.41. The van der Waals surface area contributed by atoms with Crippen molar-refractivity contribution in [3.63, 3.8) is 0 Å². The van der Waals surface area contributed by atoms with Crippen molar-refractivity contribution >= 4 is 37.3 Å². The fourth-order valence-electron chi connectivity index (χ4n) is 1.89. The molecule has 0 aliphatic heterocycles. The molecule has 2 rings (SSSR count). The van der Waals surface area contributed by atoms with Crippen LogP contribution in [0.15, 0.2) is 51.8 Å². The van der Waals surface area contributed by atoms with Crippen LogP contribution in [0, 0.1) is 0 Å². The fraction of sp³-hybridized carbons (Fsp3) is 0.143. The maximum atomic E-state index is 12.4. The van der Waals surface area contributed by atoms with Gasteiger partial charge < -0.3 is 5.73 Å². The molecule has 6 heteroatoms. The van der Waals surface area contributed by atoms with Crippen molar-refractivity contribution in [3.05, 3.63) is 52.5 Å². The highest BCUT2D eigenvalue weighted by atomic mass is 79.9. The van der Waals surface area contributed by atoms with Gasteiger partial charge >= 0.3 is 0 Å². The van der Waals surface area contributed by atoms with E-state index in [-0.39, 0.29) is 10.6 Å². The summed E-state index contributed by atoms with van der Waals surface area (Å²) in [6.45, 7) is 1.97. The highest BCUT2D eigenvalue weighted by Crippen LogP contribution is 2.26. The number of nitrogens with one attached hydrogen (secondary N) is 1. The van der Waals surface area contributed by atoms with Gasteiger partial charge in [-0.05, 0) is 36.2 Å². The monoisotopic (exact) mass is 354 g/mol. The Morgan fingerprint density at radius 3 is 2.55 bits per heavy atom. The molecule has 0 heterocycles. The minimum absolute atomic E-state index is 0.0756. The van der Waals surface area contributed by atoms with E-state index in [1.165, 1.54) is 6.07 Å². The third-order valence-corrected chi connectivity index (χ3v) is 4.84. The van der Waals surface area contributed by atoms with E-state index in [1.807, 2.05) is 19.1 Å². The minimum Gasteiger partial charge on any atom is -0.398 e. The molecule has 20 heavy (non-hydrogen) atoms. The van der Waals surface area contributed by atoms with Crippen LogP contribution in [0.2, 0.25) is 0 Å². The summed E-state index contributed by atoms with van der Waals surface area (Å²) in [6, 6.07) is 12.0. The molecule has 0 amide bonds. The van der Waals surface area contributed by atoms with Crippen molar-refractivity contribution in [2.75, 3.05) is 10.5 Å². The van der Waals surface area contributed by atoms with Crippen LogP contribution in [0.1, 0.15) is 12.5 Å². The van der Waals surface area contributed by atoms with Crippen LogP contribution < -0.4 is 10.5 Å². The average molecular weight is 355 g/mol. The number of nitrogen functional groups attached to an aromatic ring is 1. The molecule has 2 aromatic carbocycles. The zero-order valence-electron chi connectivity index (χ0n) is 10.9. The summed E-state index contributed by atoms with van der Waals surface area (Å²) in [5, 5.41) is 0. The number of benzene rings is 2. The predicted octanol–water partition coefficient (Wildman–Crippen LogP) is 3.39. The van der Waals surface area contributed by atoms with Gasteiger partial charge in [-0.15, -0.1) is 0 Å². The summed E-state index contributed by atoms with van der Waals surface area (Å²) in [7, 11) is -3.69. The number of hydrogen-bond acceptors (Lipinski definition) is 3. The van der Waals surface area contributed by atoms with Crippen LogP contribution in [-0.2, 0) is 16.4 Å². The number of nitrogens with two attached hydrogens (primary N) is 1. The van der Waals surface area contributed by atoms with E-state index in [0.717, 1.165) is 16.5 Å². The summed E-state index contributed by atoms with van der Waals surface area (Å²) in [4.78, 5) is 0.0756.